The van der Waals surface area contributed by atoms with Crippen molar-refractivity contribution in [1.82, 2.24) is 14.9 Å². The summed E-state index contributed by atoms with van der Waals surface area (Å²) in [6, 6.07) is 3.30. The summed E-state index contributed by atoms with van der Waals surface area (Å²) in [4.78, 5) is 22.9. The highest BCUT2D eigenvalue weighted by Crippen LogP contribution is 2.37. The molecule has 0 bridgehead atoms. The summed E-state index contributed by atoms with van der Waals surface area (Å²) in [7, 11) is 0. The molecule has 2 N–H and O–H groups in total. The Hall–Kier alpha value is -2.37. The molecule has 0 aromatic carbocycles. The van der Waals surface area contributed by atoms with Crippen LogP contribution in [0.5, 0.6) is 0 Å². The van der Waals surface area contributed by atoms with Gasteiger partial charge in [-0.15, -0.1) is 0 Å². The van der Waals surface area contributed by atoms with E-state index in [-0.39, 0.29) is 5.91 Å². The molecule has 114 valence electrons. The highest BCUT2D eigenvalue weighted by atomic mass is 16.4. The average Bonchev–Trinajstić information content (AvgIpc) is 2.86. The molecule has 6 nitrogen and oxygen atoms in total. The molecule has 6 heteroatoms. The number of nitrogens with zero attached hydrogens (tertiary/aromatic N) is 3. The van der Waals surface area contributed by atoms with Gasteiger partial charge in [0.25, 0.3) is 5.91 Å². The van der Waals surface area contributed by atoms with Crippen LogP contribution in [-0.2, 0) is 13.0 Å². The van der Waals surface area contributed by atoms with Crippen molar-refractivity contribution in [2.45, 2.75) is 38.1 Å². The number of aromatic nitrogens is 2. The predicted molar refractivity (Wildman–Crippen MR) is 80.2 cm³/mol. The molecule has 1 amide bonds. The molecule has 2 aromatic heterocycles. The van der Waals surface area contributed by atoms with Crippen LogP contribution in [0.4, 0.5) is 5.82 Å². The van der Waals surface area contributed by atoms with E-state index in [1.54, 1.807) is 23.2 Å². The highest BCUT2D eigenvalue weighted by molar-refractivity contribution is 5.94. The molecule has 22 heavy (non-hydrogen) atoms. The van der Waals surface area contributed by atoms with Crippen molar-refractivity contribution in [2.75, 3.05) is 12.3 Å². The van der Waals surface area contributed by atoms with Crippen LogP contribution >= 0.6 is 0 Å². The van der Waals surface area contributed by atoms with E-state index in [1.807, 2.05) is 0 Å². The van der Waals surface area contributed by atoms with E-state index in [1.165, 1.54) is 19.3 Å². The minimum atomic E-state index is -0.0343. The summed E-state index contributed by atoms with van der Waals surface area (Å²) < 4.78 is 5.88. The number of pyridine rings is 1. The van der Waals surface area contributed by atoms with Gasteiger partial charge < -0.3 is 15.1 Å². The Kier molecular flexibility index (Phi) is 3.10. The summed E-state index contributed by atoms with van der Waals surface area (Å²) in [5, 5.41) is 0. The van der Waals surface area contributed by atoms with E-state index in [9.17, 15) is 4.79 Å². The minimum Gasteiger partial charge on any atom is -0.445 e. The molecular formula is C16H18N4O2. The Bertz CT molecular complexity index is 721. The molecule has 2 aliphatic rings. The fourth-order valence-corrected chi connectivity index (χ4v) is 2.99. The van der Waals surface area contributed by atoms with Crippen molar-refractivity contribution in [3.63, 3.8) is 0 Å². The molecule has 2 aromatic rings. The van der Waals surface area contributed by atoms with Gasteiger partial charge in [-0.1, -0.05) is 6.42 Å². The molecule has 4 rings (SSSR count). The first kappa shape index (κ1) is 13.3. The molecule has 1 aliphatic heterocycles. The van der Waals surface area contributed by atoms with Crippen LogP contribution in [0.1, 0.15) is 52.9 Å². The van der Waals surface area contributed by atoms with Crippen LogP contribution in [0, 0.1) is 0 Å². The maximum atomic E-state index is 12.6. The zero-order valence-corrected chi connectivity index (χ0v) is 12.3. The molecule has 0 unspecified atom stereocenters. The van der Waals surface area contributed by atoms with Crippen LogP contribution in [0.25, 0.3) is 0 Å². The van der Waals surface area contributed by atoms with Gasteiger partial charge in [0.05, 0.1) is 6.54 Å². The summed E-state index contributed by atoms with van der Waals surface area (Å²) in [6.07, 6.45) is 5.87. The van der Waals surface area contributed by atoms with E-state index in [0.717, 1.165) is 23.8 Å². The van der Waals surface area contributed by atoms with Gasteiger partial charge in [-0.2, -0.15) is 0 Å². The quantitative estimate of drug-likeness (QED) is 0.918. The van der Waals surface area contributed by atoms with E-state index in [0.29, 0.717) is 30.4 Å². The Labute approximate surface area is 128 Å². The van der Waals surface area contributed by atoms with Crippen molar-refractivity contribution in [2.24, 2.45) is 0 Å². The fraction of sp³-hybridized carbons (Fsp3) is 0.438. The Balaban J connectivity index is 1.53. The molecule has 0 radical (unpaired) electrons. The fourth-order valence-electron chi connectivity index (χ4n) is 2.99. The standard InChI is InChI=1S/C16H18N4O2/c17-14-8-11(4-6-18-14)16(21)20-7-5-13-12(9-20)19-15(22-13)10-2-1-3-10/h4,6,8,10H,1-3,5,7,9H2,(H2,17,18). The summed E-state index contributed by atoms with van der Waals surface area (Å²) in [5.41, 5.74) is 7.13. The number of oxazole rings is 1. The number of nitrogens with two attached hydrogens (primary N) is 1. The van der Waals surface area contributed by atoms with Crippen molar-refractivity contribution < 1.29 is 9.21 Å². The molecule has 0 atom stereocenters. The predicted octanol–water partition coefficient (Wildman–Crippen LogP) is 2.12. The van der Waals surface area contributed by atoms with Gasteiger partial charge in [-0.3, -0.25) is 4.79 Å². The van der Waals surface area contributed by atoms with Crippen molar-refractivity contribution in [1.29, 1.82) is 0 Å². The number of nitrogen functional groups attached to an aromatic ring is 1. The smallest absolute Gasteiger partial charge is 0.254 e. The van der Waals surface area contributed by atoms with Crippen LogP contribution in [0.3, 0.4) is 0 Å². The van der Waals surface area contributed by atoms with E-state index in [2.05, 4.69) is 9.97 Å². The van der Waals surface area contributed by atoms with Crippen LogP contribution < -0.4 is 5.73 Å². The maximum Gasteiger partial charge on any atom is 0.254 e. The molecule has 3 heterocycles. The summed E-state index contributed by atoms with van der Waals surface area (Å²) in [6.45, 7) is 1.15. The third-order valence-corrected chi connectivity index (χ3v) is 4.51. The lowest BCUT2D eigenvalue weighted by atomic mass is 9.85. The van der Waals surface area contributed by atoms with Crippen LogP contribution in [-0.4, -0.2) is 27.3 Å². The van der Waals surface area contributed by atoms with Crippen LogP contribution in [0.2, 0.25) is 0 Å². The SMILES string of the molecule is Nc1cc(C(=O)N2CCc3oc(C4CCC4)nc3C2)ccn1. The lowest BCUT2D eigenvalue weighted by molar-refractivity contribution is 0.0727. The second-order valence-electron chi connectivity index (χ2n) is 6.00. The van der Waals surface area contributed by atoms with Gasteiger partial charge in [0.15, 0.2) is 5.89 Å². The van der Waals surface area contributed by atoms with Crippen molar-refractivity contribution in [3.05, 3.63) is 41.2 Å². The van der Waals surface area contributed by atoms with Gasteiger partial charge in [-0.25, -0.2) is 9.97 Å². The number of anilines is 1. The lowest BCUT2D eigenvalue weighted by Crippen LogP contribution is -2.35. The van der Waals surface area contributed by atoms with Gasteiger partial charge in [0.2, 0.25) is 0 Å². The lowest BCUT2D eigenvalue weighted by Gasteiger charge is -2.25. The minimum absolute atomic E-state index is 0.0343. The van der Waals surface area contributed by atoms with Crippen molar-refractivity contribution >= 4 is 11.7 Å². The number of hydrogen-bond acceptors (Lipinski definition) is 5. The third-order valence-electron chi connectivity index (χ3n) is 4.51. The Morgan fingerprint density at radius 1 is 1.41 bits per heavy atom. The molecular weight excluding hydrogens is 280 g/mol. The number of rotatable bonds is 2. The zero-order chi connectivity index (χ0) is 15.1. The number of carbonyl (C=O) groups is 1. The first-order valence-corrected chi connectivity index (χ1v) is 7.70. The molecule has 0 spiro atoms. The van der Waals surface area contributed by atoms with E-state index < -0.39 is 0 Å². The molecule has 1 fully saturated rings. The number of amides is 1. The molecule has 1 aliphatic carbocycles. The van der Waals surface area contributed by atoms with Crippen molar-refractivity contribution in [3.8, 4) is 0 Å². The monoisotopic (exact) mass is 298 g/mol. The topological polar surface area (TPSA) is 85.3 Å². The normalized spacial score (nSPS) is 17.9. The summed E-state index contributed by atoms with van der Waals surface area (Å²) >= 11 is 0. The number of hydrogen-bond donors (Lipinski definition) is 1. The number of carbonyl (C=O) groups excluding carboxylic acids is 1. The van der Waals surface area contributed by atoms with Gasteiger partial charge in [-0.05, 0) is 25.0 Å². The largest absolute Gasteiger partial charge is 0.445 e. The maximum absolute atomic E-state index is 12.6. The zero-order valence-electron chi connectivity index (χ0n) is 12.3. The third kappa shape index (κ3) is 2.24. The van der Waals surface area contributed by atoms with Gasteiger partial charge in [0.1, 0.15) is 17.3 Å². The highest BCUT2D eigenvalue weighted by Gasteiger charge is 2.30. The summed E-state index contributed by atoms with van der Waals surface area (Å²) in [5.74, 6) is 2.61. The number of fused-ring (bicyclic) bond motifs is 1. The second-order valence-corrected chi connectivity index (χ2v) is 6.00. The van der Waals surface area contributed by atoms with E-state index in [4.69, 9.17) is 10.2 Å². The molecule has 1 saturated carbocycles. The second kappa shape index (κ2) is 5.12. The van der Waals surface area contributed by atoms with Gasteiger partial charge >= 0.3 is 0 Å². The molecule has 0 saturated heterocycles. The Morgan fingerprint density at radius 3 is 3.00 bits per heavy atom. The van der Waals surface area contributed by atoms with E-state index >= 15 is 0 Å². The Morgan fingerprint density at radius 2 is 2.27 bits per heavy atom. The average molecular weight is 298 g/mol. The van der Waals surface area contributed by atoms with Crippen LogP contribution in [0.15, 0.2) is 22.7 Å². The first-order chi connectivity index (χ1) is 10.7. The van der Waals surface area contributed by atoms with Gasteiger partial charge in [0, 0.05) is 30.6 Å². The first-order valence-electron chi connectivity index (χ1n) is 7.70.